The van der Waals surface area contributed by atoms with Gasteiger partial charge in [-0.2, -0.15) is 0 Å². The number of ether oxygens (including phenoxy) is 1. The summed E-state index contributed by atoms with van der Waals surface area (Å²) in [7, 11) is 1.78. The van der Waals surface area contributed by atoms with Crippen LogP contribution in [0.1, 0.15) is 18.5 Å². The summed E-state index contributed by atoms with van der Waals surface area (Å²) < 4.78 is 18.3. The molecule has 0 aliphatic carbocycles. The minimum Gasteiger partial charge on any atom is -0.508 e. The van der Waals surface area contributed by atoms with Crippen molar-refractivity contribution >= 4 is 5.97 Å². The van der Waals surface area contributed by atoms with E-state index in [2.05, 4.69) is 0 Å². The van der Waals surface area contributed by atoms with Crippen LogP contribution in [-0.4, -0.2) is 47.4 Å². The van der Waals surface area contributed by atoms with Crippen LogP contribution in [0.25, 0.3) is 0 Å². The fraction of sp³-hybridized carbons (Fsp3) is 0.500. The summed E-state index contributed by atoms with van der Waals surface area (Å²) in [5.41, 5.74) is 0.560. The summed E-state index contributed by atoms with van der Waals surface area (Å²) in [4.78, 5) is 13.0. The Morgan fingerprint density at radius 2 is 2.20 bits per heavy atom. The third-order valence-corrected chi connectivity index (χ3v) is 3.94. The lowest BCUT2D eigenvalue weighted by Gasteiger charge is -2.32. The topological polar surface area (TPSA) is 70.0 Å². The Bertz CT molecular complexity index is 508. The molecule has 1 saturated heterocycles. The monoisotopic (exact) mass is 283 g/mol. The Morgan fingerprint density at radius 1 is 1.50 bits per heavy atom. The normalized spacial score (nSPS) is 24.0. The Labute approximate surface area is 116 Å². The van der Waals surface area contributed by atoms with Crippen molar-refractivity contribution in [1.29, 1.82) is 0 Å². The molecule has 0 bridgehead atoms. The van der Waals surface area contributed by atoms with E-state index >= 15 is 0 Å². The van der Waals surface area contributed by atoms with Crippen LogP contribution in [0.2, 0.25) is 0 Å². The van der Waals surface area contributed by atoms with E-state index in [0.717, 1.165) is 6.07 Å². The molecule has 6 heteroatoms. The highest BCUT2D eigenvalue weighted by Crippen LogP contribution is 2.32. The van der Waals surface area contributed by atoms with Crippen LogP contribution in [0.3, 0.4) is 0 Å². The number of aromatic hydroxyl groups is 1. The van der Waals surface area contributed by atoms with Crippen LogP contribution >= 0.6 is 0 Å². The average Bonchev–Trinajstić information content (AvgIpc) is 2.86. The zero-order valence-corrected chi connectivity index (χ0v) is 11.4. The number of carbonyl (C=O) groups is 1. The number of benzene rings is 1. The van der Waals surface area contributed by atoms with E-state index in [1.54, 1.807) is 7.05 Å². The van der Waals surface area contributed by atoms with E-state index in [1.165, 1.54) is 12.1 Å². The molecular formula is C14H18FNO4. The van der Waals surface area contributed by atoms with E-state index in [4.69, 9.17) is 4.74 Å². The SMILES string of the molecule is CC(c1ccc(F)cc1O)N(C)C1COCC1C(=O)O. The van der Waals surface area contributed by atoms with E-state index < -0.39 is 17.7 Å². The third kappa shape index (κ3) is 2.76. The van der Waals surface area contributed by atoms with Gasteiger partial charge >= 0.3 is 5.97 Å². The fourth-order valence-electron chi connectivity index (χ4n) is 2.56. The predicted molar refractivity (Wildman–Crippen MR) is 70.0 cm³/mol. The maximum absolute atomic E-state index is 13.0. The highest BCUT2D eigenvalue weighted by Gasteiger charge is 2.38. The first-order valence-corrected chi connectivity index (χ1v) is 6.42. The third-order valence-electron chi connectivity index (χ3n) is 3.94. The number of likely N-dealkylation sites (N-methyl/N-ethyl adjacent to an activating group) is 1. The molecule has 1 aromatic rings. The standard InChI is InChI=1S/C14H18FNO4/c1-8(10-4-3-9(15)5-13(10)17)16(2)12-7-20-6-11(12)14(18)19/h3-5,8,11-12,17H,6-7H2,1-2H3,(H,18,19). The van der Waals surface area contributed by atoms with E-state index in [-0.39, 0.29) is 24.4 Å². The Hall–Kier alpha value is -1.66. The largest absolute Gasteiger partial charge is 0.508 e. The lowest BCUT2D eigenvalue weighted by molar-refractivity contribution is -0.143. The van der Waals surface area contributed by atoms with Crippen LogP contribution in [0.4, 0.5) is 4.39 Å². The second-order valence-electron chi connectivity index (χ2n) is 5.09. The average molecular weight is 283 g/mol. The number of phenols is 1. The van der Waals surface area contributed by atoms with E-state index in [1.807, 2.05) is 11.8 Å². The van der Waals surface area contributed by atoms with Gasteiger partial charge in [-0.25, -0.2) is 4.39 Å². The van der Waals surface area contributed by atoms with Crippen molar-refractivity contribution in [2.45, 2.75) is 19.0 Å². The van der Waals surface area contributed by atoms with Gasteiger partial charge in [0.1, 0.15) is 11.6 Å². The van der Waals surface area contributed by atoms with Crippen molar-refractivity contribution in [1.82, 2.24) is 4.90 Å². The van der Waals surface area contributed by atoms with Gasteiger partial charge < -0.3 is 14.9 Å². The number of nitrogens with zero attached hydrogens (tertiary/aromatic N) is 1. The van der Waals surface area contributed by atoms with Crippen LogP contribution in [0.15, 0.2) is 18.2 Å². The Kier molecular flexibility index (Phi) is 4.25. The molecular weight excluding hydrogens is 265 g/mol. The Balaban J connectivity index is 2.19. The number of rotatable bonds is 4. The lowest BCUT2D eigenvalue weighted by atomic mass is 9.98. The first kappa shape index (κ1) is 14.7. The smallest absolute Gasteiger partial charge is 0.310 e. The molecule has 0 amide bonds. The second-order valence-corrected chi connectivity index (χ2v) is 5.09. The van der Waals surface area contributed by atoms with Crippen LogP contribution < -0.4 is 0 Å². The van der Waals surface area contributed by atoms with Crippen molar-refractivity contribution in [2.24, 2.45) is 5.92 Å². The number of hydrogen-bond acceptors (Lipinski definition) is 4. The zero-order chi connectivity index (χ0) is 14.9. The minimum absolute atomic E-state index is 0.129. The van der Waals surface area contributed by atoms with Crippen molar-refractivity contribution in [3.05, 3.63) is 29.6 Å². The van der Waals surface area contributed by atoms with Gasteiger partial charge in [-0.15, -0.1) is 0 Å². The van der Waals surface area contributed by atoms with Crippen LogP contribution in [0, 0.1) is 11.7 Å². The molecule has 2 N–H and O–H groups in total. The highest BCUT2D eigenvalue weighted by atomic mass is 19.1. The number of carboxylic acids is 1. The summed E-state index contributed by atoms with van der Waals surface area (Å²) in [6.45, 7) is 2.36. The maximum Gasteiger partial charge on any atom is 0.310 e. The van der Waals surface area contributed by atoms with Gasteiger partial charge in [0.25, 0.3) is 0 Å². The summed E-state index contributed by atoms with van der Waals surface area (Å²) >= 11 is 0. The lowest BCUT2D eigenvalue weighted by Crippen LogP contribution is -2.42. The zero-order valence-electron chi connectivity index (χ0n) is 11.4. The molecule has 5 nitrogen and oxygen atoms in total. The molecule has 0 aromatic heterocycles. The quantitative estimate of drug-likeness (QED) is 0.878. The number of halogens is 1. The minimum atomic E-state index is -0.894. The van der Waals surface area contributed by atoms with Gasteiger partial charge in [-0.05, 0) is 20.0 Å². The summed E-state index contributed by atoms with van der Waals surface area (Å²) in [6, 6.07) is 3.33. The van der Waals surface area contributed by atoms with Crippen molar-refractivity contribution < 1.29 is 24.1 Å². The maximum atomic E-state index is 13.0. The fourth-order valence-corrected chi connectivity index (χ4v) is 2.56. The second kappa shape index (κ2) is 5.76. The first-order chi connectivity index (χ1) is 9.41. The van der Waals surface area contributed by atoms with Gasteiger partial charge in [0.2, 0.25) is 0 Å². The predicted octanol–water partition coefficient (Wildman–Crippen LogP) is 1.62. The van der Waals surface area contributed by atoms with Crippen molar-refractivity contribution in [3.8, 4) is 5.75 Å². The van der Waals surface area contributed by atoms with E-state index in [9.17, 15) is 19.4 Å². The molecule has 20 heavy (non-hydrogen) atoms. The van der Waals surface area contributed by atoms with Gasteiger partial charge in [0.05, 0.1) is 19.1 Å². The summed E-state index contributed by atoms with van der Waals surface area (Å²) in [5.74, 6) is -2.12. The van der Waals surface area contributed by atoms with Crippen molar-refractivity contribution in [3.63, 3.8) is 0 Å². The van der Waals surface area contributed by atoms with Gasteiger partial charge in [0.15, 0.2) is 0 Å². The molecule has 110 valence electrons. The molecule has 1 aliphatic heterocycles. The molecule has 2 rings (SSSR count). The molecule has 3 unspecified atom stereocenters. The van der Waals surface area contributed by atoms with Crippen LogP contribution in [-0.2, 0) is 9.53 Å². The van der Waals surface area contributed by atoms with Gasteiger partial charge in [-0.3, -0.25) is 9.69 Å². The summed E-state index contributed by atoms with van der Waals surface area (Å²) in [5, 5.41) is 19.0. The molecule has 0 radical (unpaired) electrons. The van der Waals surface area contributed by atoms with Gasteiger partial charge in [-0.1, -0.05) is 6.07 Å². The van der Waals surface area contributed by atoms with E-state index in [0.29, 0.717) is 12.2 Å². The molecule has 1 heterocycles. The Morgan fingerprint density at radius 3 is 2.80 bits per heavy atom. The number of hydrogen-bond donors (Lipinski definition) is 2. The number of aliphatic carboxylic acids is 1. The highest BCUT2D eigenvalue weighted by molar-refractivity contribution is 5.71. The molecule has 1 fully saturated rings. The molecule has 0 spiro atoms. The molecule has 3 atom stereocenters. The van der Waals surface area contributed by atoms with Crippen molar-refractivity contribution in [2.75, 3.05) is 20.3 Å². The molecule has 1 aliphatic rings. The van der Waals surface area contributed by atoms with Gasteiger partial charge in [0, 0.05) is 23.7 Å². The number of phenolic OH excluding ortho intramolecular Hbond substituents is 1. The molecule has 1 aromatic carbocycles. The molecule has 0 saturated carbocycles. The number of carboxylic acid groups (broad SMARTS) is 1. The van der Waals surface area contributed by atoms with Crippen LogP contribution in [0.5, 0.6) is 5.75 Å². The first-order valence-electron chi connectivity index (χ1n) is 6.42. The summed E-state index contributed by atoms with van der Waals surface area (Å²) in [6.07, 6.45) is 0.